The molecule has 0 saturated heterocycles. The standard InChI is InChI=1S/C8H8ClO/c9-8-3-1-7(2-4-8)5-6-10/h1,3-4,10H,5-6H2. The van der Waals surface area contributed by atoms with Crippen molar-refractivity contribution in [3.63, 3.8) is 0 Å². The molecule has 0 fully saturated rings. The summed E-state index contributed by atoms with van der Waals surface area (Å²) >= 11 is 5.62. The molecule has 1 N–H and O–H groups in total. The summed E-state index contributed by atoms with van der Waals surface area (Å²) in [6.45, 7) is 0.165. The van der Waals surface area contributed by atoms with Crippen molar-refractivity contribution in [2.24, 2.45) is 0 Å². The summed E-state index contributed by atoms with van der Waals surface area (Å²) in [6.07, 6.45) is 0.650. The first-order valence-electron chi connectivity index (χ1n) is 3.10. The fourth-order valence-electron chi connectivity index (χ4n) is 0.714. The molecule has 0 amide bonds. The van der Waals surface area contributed by atoms with Gasteiger partial charge >= 0.3 is 0 Å². The Hall–Kier alpha value is -0.530. The van der Waals surface area contributed by atoms with Gasteiger partial charge in [-0.15, -0.1) is 0 Å². The van der Waals surface area contributed by atoms with Crippen LogP contribution >= 0.6 is 11.6 Å². The van der Waals surface area contributed by atoms with Crippen molar-refractivity contribution in [2.75, 3.05) is 6.61 Å². The van der Waals surface area contributed by atoms with Crippen molar-refractivity contribution < 1.29 is 5.11 Å². The average Bonchev–Trinajstić information content (AvgIpc) is 1.95. The molecule has 1 radical (unpaired) electrons. The summed E-state index contributed by atoms with van der Waals surface area (Å²) in [5, 5.41) is 9.22. The smallest absolute Gasteiger partial charge is 0.0471 e. The summed E-state index contributed by atoms with van der Waals surface area (Å²) in [5.41, 5.74) is 0.993. The van der Waals surface area contributed by atoms with Gasteiger partial charge in [0.25, 0.3) is 0 Å². The van der Waals surface area contributed by atoms with E-state index in [0.29, 0.717) is 11.4 Å². The molecule has 0 aliphatic rings. The summed E-state index contributed by atoms with van der Waals surface area (Å²) in [4.78, 5) is 0. The van der Waals surface area contributed by atoms with Crippen molar-refractivity contribution in [1.29, 1.82) is 0 Å². The molecular weight excluding hydrogens is 148 g/mol. The van der Waals surface area contributed by atoms with Gasteiger partial charge in [-0.25, -0.2) is 0 Å². The third-order valence-electron chi connectivity index (χ3n) is 1.22. The molecule has 0 atom stereocenters. The Morgan fingerprint density at radius 2 is 2.30 bits per heavy atom. The quantitative estimate of drug-likeness (QED) is 0.689. The predicted molar refractivity (Wildman–Crippen MR) is 41.1 cm³/mol. The Bertz CT molecular complexity index is 193. The van der Waals surface area contributed by atoms with E-state index in [1.54, 1.807) is 12.1 Å². The van der Waals surface area contributed by atoms with E-state index in [-0.39, 0.29) is 6.61 Å². The lowest BCUT2D eigenvalue weighted by Gasteiger charge is -1.95. The van der Waals surface area contributed by atoms with Crippen LogP contribution in [0.2, 0.25) is 5.02 Å². The Morgan fingerprint density at radius 1 is 1.50 bits per heavy atom. The molecule has 0 spiro atoms. The van der Waals surface area contributed by atoms with Crippen LogP contribution in [0.3, 0.4) is 0 Å². The molecule has 0 unspecified atom stereocenters. The molecule has 0 bridgehead atoms. The minimum atomic E-state index is 0.165. The Balaban J connectivity index is 2.69. The highest BCUT2D eigenvalue weighted by Crippen LogP contribution is 2.08. The molecule has 53 valence electrons. The van der Waals surface area contributed by atoms with Crippen LogP contribution in [0.4, 0.5) is 0 Å². The lowest BCUT2D eigenvalue weighted by molar-refractivity contribution is 0.299. The number of hydrogen-bond donors (Lipinski definition) is 1. The zero-order valence-electron chi connectivity index (χ0n) is 5.47. The number of rotatable bonds is 2. The monoisotopic (exact) mass is 155 g/mol. The molecule has 0 aliphatic carbocycles. The number of hydrogen-bond acceptors (Lipinski definition) is 1. The molecule has 1 nitrogen and oxygen atoms in total. The van der Waals surface area contributed by atoms with Gasteiger partial charge in [-0.3, -0.25) is 0 Å². The highest BCUT2D eigenvalue weighted by Gasteiger charge is 1.90. The lowest BCUT2D eigenvalue weighted by Crippen LogP contribution is -1.89. The van der Waals surface area contributed by atoms with E-state index in [2.05, 4.69) is 6.07 Å². The number of halogens is 1. The lowest BCUT2D eigenvalue weighted by atomic mass is 10.2. The van der Waals surface area contributed by atoms with Gasteiger partial charge in [0.2, 0.25) is 0 Å². The Morgan fingerprint density at radius 3 is 2.80 bits per heavy atom. The normalized spacial score (nSPS) is 9.80. The van der Waals surface area contributed by atoms with Gasteiger partial charge in [-0.2, -0.15) is 0 Å². The molecule has 1 aromatic carbocycles. The van der Waals surface area contributed by atoms with Crippen molar-refractivity contribution in [3.8, 4) is 0 Å². The fourth-order valence-corrected chi connectivity index (χ4v) is 0.832. The molecular formula is C8H8ClO. The Labute approximate surface area is 65.3 Å². The van der Waals surface area contributed by atoms with Gasteiger partial charge in [0.05, 0.1) is 0 Å². The molecule has 0 saturated carbocycles. The van der Waals surface area contributed by atoms with Crippen LogP contribution in [0.25, 0.3) is 0 Å². The molecule has 0 aliphatic heterocycles. The van der Waals surface area contributed by atoms with Gasteiger partial charge in [0, 0.05) is 11.6 Å². The molecule has 0 heterocycles. The van der Waals surface area contributed by atoms with Crippen LogP contribution in [-0.2, 0) is 6.42 Å². The van der Waals surface area contributed by atoms with Crippen LogP contribution in [0.1, 0.15) is 5.56 Å². The summed E-state index contributed by atoms with van der Waals surface area (Å²) < 4.78 is 0. The zero-order valence-corrected chi connectivity index (χ0v) is 6.23. The van der Waals surface area contributed by atoms with E-state index < -0.39 is 0 Å². The van der Waals surface area contributed by atoms with Crippen LogP contribution < -0.4 is 0 Å². The molecule has 1 aromatic rings. The second kappa shape index (κ2) is 3.59. The van der Waals surface area contributed by atoms with Gasteiger partial charge in [0.15, 0.2) is 0 Å². The first kappa shape index (κ1) is 7.58. The van der Waals surface area contributed by atoms with Crippen LogP contribution in [-0.4, -0.2) is 11.7 Å². The second-order valence-corrected chi connectivity index (χ2v) is 2.44. The molecule has 0 aromatic heterocycles. The third kappa shape index (κ3) is 2.01. The summed E-state index contributed by atoms with van der Waals surface area (Å²) in [5.74, 6) is 0. The highest BCUT2D eigenvalue weighted by molar-refractivity contribution is 6.30. The SMILES string of the molecule is OCCc1[c]cc(Cl)cc1. The van der Waals surface area contributed by atoms with Crippen LogP contribution in [0.5, 0.6) is 0 Å². The van der Waals surface area contributed by atoms with Crippen LogP contribution in [0, 0.1) is 6.07 Å². The second-order valence-electron chi connectivity index (χ2n) is 2.01. The van der Waals surface area contributed by atoms with E-state index in [9.17, 15) is 0 Å². The Kier molecular flexibility index (Phi) is 2.72. The number of benzene rings is 1. The maximum atomic E-state index is 8.54. The van der Waals surface area contributed by atoms with Gasteiger partial charge in [0.1, 0.15) is 0 Å². The number of aliphatic hydroxyl groups excluding tert-OH is 1. The first-order chi connectivity index (χ1) is 4.83. The summed E-state index contributed by atoms with van der Waals surface area (Å²) in [6, 6.07) is 8.30. The van der Waals surface area contributed by atoms with Gasteiger partial charge in [-0.05, 0) is 30.2 Å². The van der Waals surface area contributed by atoms with E-state index >= 15 is 0 Å². The maximum absolute atomic E-state index is 8.54. The topological polar surface area (TPSA) is 20.2 Å². The van der Waals surface area contributed by atoms with Crippen molar-refractivity contribution in [1.82, 2.24) is 0 Å². The highest BCUT2D eigenvalue weighted by atomic mass is 35.5. The maximum Gasteiger partial charge on any atom is 0.0471 e. The minimum absolute atomic E-state index is 0.165. The van der Waals surface area contributed by atoms with Crippen molar-refractivity contribution in [3.05, 3.63) is 34.9 Å². The minimum Gasteiger partial charge on any atom is -0.396 e. The van der Waals surface area contributed by atoms with Gasteiger partial charge in [-0.1, -0.05) is 17.7 Å². The van der Waals surface area contributed by atoms with Crippen molar-refractivity contribution in [2.45, 2.75) is 6.42 Å². The fraction of sp³-hybridized carbons (Fsp3) is 0.250. The van der Waals surface area contributed by atoms with E-state index in [1.807, 2.05) is 6.07 Å². The predicted octanol–water partition coefficient (Wildman–Crippen LogP) is 1.67. The molecule has 1 rings (SSSR count). The molecule has 10 heavy (non-hydrogen) atoms. The summed E-state index contributed by atoms with van der Waals surface area (Å²) in [7, 11) is 0. The largest absolute Gasteiger partial charge is 0.396 e. The van der Waals surface area contributed by atoms with Crippen LogP contribution in [0.15, 0.2) is 18.2 Å². The average molecular weight is 156 g/mol. The van der Waals surface area contributed by atoms with E-state index in [4.69, 9.17) is 16.7 Å². The van der Waals surface area contributed by atoms with E-state index in [0.717, 1.165) is 5.56 Å². The molecule has 2 heteroatoms. The van der Waals surface area contributed by atoms with Gasteiger partial charge < -0.3 is 5.11 Å². The van der Waals surface area contributed by atoms with Crippen molar-refractivity contribution >= 4 is 11.6 Å². The van der Waals surface area contributed by atoms with E-state index in [1.165, 1.54) is 0 Å². The zero-order chi connectivity index (χ0) is 7.40. The number of aliphatic hydroxyl groups is 1. The third-order valence-corrected chi connectivity index (χ3v) is 1.46. The first-order valence-corrected chi connectivity index (χ1v) is 3.47.